The molecule has 0 saturated heterocycles. The van der Waals surface area contributed by atoms with Crippen LogP contribution in [-0.2, 0) is 11.9 Å². The number of nitrogens with zero attached hydrogens (tertiary/aromatic N) is 6. The molecule has 0 spiro atoms. The highest BCUT2D eigenvalue weighted by Crippen LogP contribution is 2.36. The number of para-hydroxylation sites is 1. The summed E-state index contributed by atoms with van der Waals surface area (Å²) in [6, 6.07) is 6.96. The molecule has 10 heteroatoms. The van der Waals surface area contributed by atoms with E-state index in [1.54, 1.807) is 28.9 Å². The standard InChI is InChI=1S/C14H11F3N6S/c15-14(16,17)13-18-10-4-2-1-3-9(10)12(19-13)24-7-11-20-21-22-23(11)8-5-6-8/h1-4,8H,5-7H2. The van der Waals surface area contributed by atoms with Gasteiger partial charge in [0.05, 0.1) is 17.3 Å². The van der Waals surface area contributed by atoms with Gasteiger partial charge in [0.25, 0.3) is 0 Å². The second-order valence-corrected chi connectivity index (χ2v) is 6.39. The maximum absolute atomic E-state index is 13.0. The molecule has 1 aliphatic carbocycles. The molecule has 1 fully saturated rings. The zero-order valence-corrected chi connectivity index (χ0v) is 13.0. The number of halogens is 3. The predicted octanol–water partition coefficient (Wildman–Crippen LogP) is 3.26. The highest BCUT2D eigenvalue weighted by atomic mass is 32.2. The van der Waals surface area contributed by atoms with Gasteiger partial charge in [0.2, 0.25) is 5.82 Å². The molecule has 0 unspecified atom stereocenters. The molecule has 0 atom stereocenters. The van der Waals surface area contributed by atoms with Gasteiger partial charge in [-0.3, -0.25) is 0 Å². The average Bonchev–Trinajstić information content (AvgIpc) is 3.30. The number of tetrazole rings is 1. The van der Waals surface area contributed by atoms with Crippen molar-refractivity contribution in [2.75, 3.05) is 0 Å². The van der Waals surface area contributed by atoms with Gasteiger partial charge >= 0.3 is 6.18 Å². The molecule has 6 nitrogen and oxygen atoms in total. The highest BCUT2D eigenvalue weighted by Gasteiger charge is 2.35. The Morgan fingerprint density at radius 2 is 1.96 bits per heavy atom. The number of thioether (sulfide) groups is 1. The van der Waals surface area contributed by atoms with E-state index >= 15 is 0 Å². The Morgan fingerprint density at radius 1 is 1.17 bits per heavy atom. The third-order valence-electron chi connectivity index (χ3n) is 3.61. The lowest BCUT2D eigenvalue weighted by Gasteiger charge is -2.10. The van der Waals surface area contributed by atoms with E-state index in [0.717, 1.165) is 12.8 Å². The van der Waals surface area contributed by atoms with Gasteiger partial charge < -0.3 is 0 Å². The Hall–Kier alpha value is -2.23. The lowest BCUT2D eigenvalue weighted by atomic mass is 10.2. The molecule has 1 aromatic carbocycles. The third kappa shape index (κ3) is 2.93. The van der Waals surface area contributed by atoms with Crippen molar-refractivity contribution in [2.45, 2.75) is 35.8 Å². The van der Waals surface area contributed by atoms with Gasteiger partial charge in [-0.15, -0.1) is 5.10 Å². The number of fused-ring (bicyclic) bond motifs is 1. The molecule has 1 aliphatic rings. The van der Waals surface area contributed by atoms with Crippen LogP contribution in [0.3, 0.4) is 0 Å². The Bertz CT molecular complexity index is 890. The zero-order chi connectivity index (χ0) is 16.7. The molecule has 4 rings (SSSR count). The first-order valence-corrected chi connectivity index (χ1v) is 8.24. The van der Waals surface area contributed by atoms with E-state index in [1.807, 2.05) is 0 Å². The van der Waals surface area contributed by atoms with E-state index in [2.05, 4.69) is 25.5 Å². The minimum Gasteiger partial charge on any atom is -0.226 e. The predicted molar refractivity (Wildman–Crippen MR) is 80.2 cm³/mol. The summed E-state index contributed by atoms with van der Waals surface area (Å²) in [7, 11) is 0. The molecule has 2 heterocycles. The molecule has 1 saturated carbocycles. The SMILES string of the molecule is FC(F)(F)c1nc(SCc2nnnn2C2CC2)c2ccccc2n1. The van der Waals surface area contributed by atoms with Gasteiger partial charge in [0.15, 0.2) is 5.82 Å². The van der Waals surface area contributed by atoms with Gasteiger partial charge in [-0.05, 0) is 29.3 Å². The normalized spacial score (nSPS) is 15.1. The third-order valence-corrected chi connectivity index (χ3v) is 4.60. The Morgan fingerprint density at radius 3 is 2.71 bits per heavy atom. The summed E-state index contributed by atoms with van der Waals surface area (Å²) in [5, 5.41) is 12.4. The fourth-order valence-electron chi connectivity index (χ4n) is 2.33. The molecule has 124 valence electrons. The molecular weight excluding hydrogens is 341 g/mol. The largest absolute Gasteiger partial charge is 0.451 e. The molecule has 24 heavy (non-hydrogen) atoms. The van der Waals surface area contributed by atoms with E-state index in [-0.39, 0.29) is 10.5 Å². The van der Waals surface area contributed by atoms with E-state index < -0.39 is 12.0 Å². The van der Waals surface area contributed by atoms with Crippen LogP contribution in [0.15, 0.2) is 29.3 Å². The van der Waals surface area contributed by atoms with Crippen LogP contribution in [0.5, 0.6) is 0 Å². The van der Waals surface area contributed by atoms with E-state index in [0.29, 0.717) is 23.0 Å². The monoisotopic (exact) mass is 352 g/mol. The second kappa shape index (κ2) is 5.69. The average molecular weight is 352 g/mol. The van der Waals surface area contributed by atoms with Crippen molar-refractivity contribution in [3.63, 3.8) is 0 Å². The molecule has 3 aromatic rings. The molecule has 0 bridgehead atoms. The van der Waals surface area contributed by atoms with Gasteiger partial charge in [-0.2, -0.15) is 13.2 Å². The van der Waals surface area contributed by atoms with Crippen molar-refractivity contribution in [3.05, 3.63) is 35.9 Å². The lowest BCUT2D eigenvalue weighted by molar-refractivity contribution is -0.145. The van der Waals surface area contributed by atoms with Gasteiger partial charge in [0.1, 0.15) is 5.03 Å². The summed E-state index contributed by atoms with van der Waals surface area (Å²) < 4.78 is 40.8. The summed E-state index contributed by atoms with van der Waals surface area (Å²) in [5.74, 6) is -0.147. The van der Waals surface area contributed by atoms with Crippen molar-refractivity contribution in [1.82, 2.24) is 30.2 Å². The number of benzene rings is 1. The summed E-state index contributed by atoms with van der Waals surface area (Å²) in [5.41, 5.74) is 0.268. The van der Waals surface area contributed by atoms with Gasteiger partial charge in [-0.1, -0.05) is 30.0 Å². The first-order chi connectivity index (χ1) is 11.5. The number of rotatable bonds is 4. The van der Waals surface area contributed by atoms with Crippen LogP contribution in [0.4, 0.5) is 13.2 Å². The fourth-order valence-corrected chi connectivity index (χ4v) is 3.26. The van der Waals surface area contributed by atoms with Crippen LogP contribution < -0.4 is 0 Å². The Labute approximate surface area is 138 Å². The van der Waals surface area contributed by atoms with Crippen LogP contribution in [0, 0.1) is 0 Å². The first kappa shape index (κ1) is 15.3. The number of aromatic nitrogens is 6. The number of hydrogen-bond acceptors (Lipinski definition) is 6. The summed E-state index contributed by atoms with van der Waals surface area (Å²) in [6.07, 6.45) is -2.54. The molecule has 0 radical (unpaired) electrons. The minimum absolute atomic E-state index is 0.268. The summed E-state index contributed by atoms with van der Waals surface area (Å²) in [6.45, 7) is 0. The maximum Gasteiger partial charge on any atom is 0.451 e. The van der Waals surface area contributed by atoms with Crippen molar-refractivity contribution < 1.29 is 13.2 Å². The molecule has 0 N–H and O–H groups in total. The Kier molecular flexibility index (Phi) is 3.63. The van der Waals surface area contributed by atoms with Crippen molar-refractivity contribution in [1.29, 1.82) is 0 Å². The van der Waals surface area contributed by atoms with E-state index in [9.17, 15) is 13.2 Å². The lowest BCUT2D eigenvalue weighted by Crippen LogP contribution is -2.12. The second-order valence-electron chi connectivity index (χ2n) is 5.43. The van der Waals surface area contributed by atoms with Crippen LogP contribution in [0.25, 0.3) is 10.9 Å². The van der Waals surface area contributed by atoms with E-state index in [4.69, 9.17) is 0 Å². The topological polar surface area (TPSA) is 69.4 Å². The fraction of sp³-hybridized carbons (Fsp3) is 0.357. The summed E-state index contributed by atoms with van der Waals surface area (Å²) >= 11 is 1.18. The quantitative estimate of drug-likeness (QED) is 0.530. The Balaban J connectivity index is 1.68. The number of alkyl halides is 3. The van der Waals surface area contributed by atoms with Crippen LogP contribution in [0.1, 0.15) is 30.5 Å². The van der Waals surface area contributed by atoms with Crippen LogP contribution >= 0.6 is 11.8 Å². The van der Waals surface area contributed by atoms with Crippen LogP contribution in [-0.4, -0.2) is 30.2 Å². The van der Waals surface area contributed by atoms with Crippen molar-refractivity contribution in [2.24, 2.45) is 0 Å². The minimum atomic E-state index is -4.59. The van der Waals surface area contributed by atoms with Crippen molar-refractivity contribution >= 4 is 22.7 Å². The van der Waals surface area contributed by atoms with Crippen LogP contribution in [0.2, 0.25) is 0 Å². The van der Waals surface area contributed by atoms with E-state index in [1.165, 1.54) is 11.8 Å². The smallest absolute Gasteiger partial charge is 0.226 e. The zero-order valence-electron chi connectivity index (χ0n) is 12.2. The molecule has 0 aliphatic heterocycles. The maximum atomic E-state index is 13.0. The number of hydrogen-bond donors (Lipinski definition) is 0. The summed E-state index contributed by atoms with van der Waals surface area (Å²) in [4.78, 5) is 7.32. The first-order valence-electron chi connectivity index (χ1n) is 7.26. The van der Waals surface area contributed by atoms with Gasteiger partial charge in [0, 0.05) is 5.39 Å². The molecule has 2 aromatic heterocycles. The highest BCUT2D eigenvalue weighted by molar-refractivity contribution is 7.98. The molecule has 0 amide bonds. The molecular formula is C14H11F3N6S. The van der Waals surface area contributed by atoms with Crippen molar-refractivity contribution in [3.8, 4) is 0 Å². The van der Waals surface area contributed by atoms with Gasteiger partial charge in [-0.25, -0.2) is 14.6 Å².